The van der Waals surface area contributed by atoms with Crippen molar-refractivity contribution in [3.05, 3.63) is 59.8 Å². The average molecular weight is 431 g/mol. The fourth-order valence-corrected chi connectivity index (χ4v) is 3.41. The van der Waals surface area contributed by atoms with E-state index >= 15 is 0 Å². The molecule has 6 N–H and O–H groups in total. The first-order chi connectivity index (χ1) is 15.3. The van der Waals surface area contributed by atoms with E-state index in [0.717, 1.165) is 11.3 Å². The Balaban J connectivity index is 1.70. The Labute approximate surface area is 184 Å². The van der Waals surface area contributed by atoms with Crippen LogP contribution in [0, 0.1) is 0 Å². The van der Waals surface area contributed by atoms with Gasteiger partial charge in [0.1, 0.15) is 11.2 Å². The van der Waals surface area contributed by atoms with Crippen molar-refractivity contribution in [3.8, 4) is 11.5 Å². The minimum absolute atomic E-state index is 0.319. The molecule has 4 aromatic rings. The van der Waals surface area contributed by atoms with E-state index in [0.29, 0.717) is 45.8 Å². The third kappa shape index (κ3) is 4.11. The number of anilines is 2. The van der Waals surface area contributed by atoms with E-state index in [1.807, 2.05) is 31.1 Å². The molecule has 4 rings (SSSR count). The maximum Gasteiger partial charge on any atom is 0.488 e. The van der Waals surface area contributed by atoms with Crippen LogP contribution in [0.5, 0.6) is 0 Å². The zero-order valence-corrected chi connectivity index (χ0v) is 17.6. The Morgan fingerprint density at radius 1 is 1.22 bits per heavy atom. The van der Waals surface area contributed by atoms with Gasteiger partial charge in [-0.15, -0.1) is 0 Å². The fraction of sp³-hybridized carbons (Fsp3) is 0.143. The van der Waals surface area contributed by atoms with Gasteiger partial charge in [-0.05, 0) is 17.1 Å². The van der Waals surface area contributed by atoms with Crippen molar-refractivity contribution < 1.29 is 14.8 Å². The molecule has 162 valence electrons. The molecule has 0 radical (unpaired) electrons. The zero-order chi connectivity index (χ0) is 22.8. The second-order valence-electron chi connectivity index (χ2n) is 7.46. The number of aromatic nitrogens is 4. The Bertz CT molecular complexity index is 1290. The number of nitrogens with zero attached hydrogens (tertiary/aromatic N) is 4. The van der Waals surface area contributed by atoms with Crippen LogP contribution in [0.1, 0.15) is 15.9 Å². The van der Waals surface area contributed by atoms with Crippen LogP contribution in [0.2, 0.25) is 0 Å². The summed E-state index contributed by atoms with van der Waals surface area (Å²) in [6.45, 7) is 0.410. The number of rotatable bonds is 7. The lowest BCUT2D eigenvalue weighted by Crippen LogP contribution is -2.30. The second-order valence-corrected chi connectivity index (χ2v) is 7.46. The molecular formula is C21H22BN7O3. The normalized spacial score (nSPS) is 10.9. The molecule has 2 aromatic heterocycles. The van der Waals surface area contributed by atoms with Crippen LogP contribution in [0.4, 0.5) is 11.5 Å². The first kappa shape index (κ1) is 21.3. The van der Waals surface area contributed by atoms with Gasteiger partial charge in [0.25, 0.3) is 5.91 Å². The van der Waals surface area contributed by atoms with Crippen molar-refractivity contribution in [3.63, 3.8) is 0 Å². The monoisotopic (exact) mass is 431 g/mol. The van der Waals surface area contributed by atoms with Crippen LogP contribution in [0.25, 0.3) is 22.4 Å². The number of benzene rings is 2. The smallest absolute Gasteiger partial charge is 0.423 e. The van der Waals surface area contributed by atoms with Gasteiger partial charge in [-0.3, -0.25) is 9.89 Å². The number of para-hydroxylation sites is 1. The standard InChI is InChI=1S/C21H22BN7O3/c1-29(2)16-11-25-21(18-14-7-4-8-15(19(23)30)17(14)27-28-18)26-20(16)24-10-12-5-3-6-13(9-12)22(31)32/h3-9,11,31-32H,10H2,1-2H3,(H2,23,30)(H,27,28)(H,24,25,26). The number of amides is 1. The van der Waals surface area contributed by atoms with Gasteiger partial charge in [0.2, 0.25) is 0 Å². The van der Waals surface area contributed by atoms with Crippen LogP contribution >= 0.6 is 0 Å². The highest BCUT2D eigenvalue weighted by atomic mass is 16.4. The van der Waals surface area contributed by atoms with Gasteiger partial charge in [-0.1, -0.05) is 36.4 Å². The predicted molar refractivity (Wildman–Crippen MR) is 124 cm³/mol. The summed E-state index contributed by atoms with van der Waals surface area (Å²) in [5.41, 5.74) is 8.85. The summed E-state index contributed by atoms with van der Waals surface area (Å²) >= 11 is 0. The lowest BCUT2D eigenvalue weighted by Gasteiger charge is -2.18. The van der Waals surface area contributed by atoms with Crippen molar-refractivity contribution in [1.29, 1.82) is 0 Å². The number of fused-ring (bicyclic) bond motifs is 1. The molecule has 2 heterocycles. The van der Waals surface area contributed by atoms with Gasteiger partial charge >= 0.3 is 7.12 Å². The Kier molecular flexibility index (Phi) is 5.76. The first-order valence-electron chi connectivity index (χ1n) is 9.85. The predicted octanol–water partition coefficient (Wildman–Crippen LogP) is 0.477. The van der Waals surface area contributed by atoms with Gasteiger partial charge < -0.3 is 26.0 Å². The largest absolute Gasteiger partial charge is 0.488 e. The summed E-state index contributed by atoms with van der Waals surface area (Å²) in [7, 11) is 2.24. The molecule has 0 bridgehead atoms. The number of carbonyl (C=O) groups excluding carboxylic acids is 1. The molecule has 0 aliphatic rings. The Morgan fingerprint density at radius 3 is 2.72 bits per heavy atom. The van der Waals surface area contributed by atoms with E-state index in [4.69, 9.17) is 5.73 Å². The summed E-state index contributed by atoms with van der Waals surface area (Å²) in [5.74, 6) is 0.431. The van der Waals surface area contributed by atoms with Gasteiger partial charge in [-0.25, -0.2) is 9.97 Å². The SMILES string of the molecule is CN(C)c1cnc(-c2[nH]nc3c(C(N)=O)cccc23)nc1NCc1cccc(B(O)O)c1. The highest BCUT2D eigenvalue weighted by Gasteiger charge is 2.18. The molecule has 0 spiro atoms. The Morgan fingerprint density at radius 2 is 2.00 bits per heavy atom. The number of nitrogens with one attached hydrogen (secondary N) is 2. The van der Waals surface area contributed by atoms with Crippen molar-refractivity contribution in [2.75, 3.05) is 24.3 Å². The quantitative estimate of drug-likeness (QED) is 0.265. The number of primary amides is 1. The van der Waals surface area contributed by atoms with Gasteiger partial charge in [0, 0.05) is 26.0 Å². The Hall–Kier alpha value is -3.96. The van der Waals surface area contributed by atoms with E-state index in [1.165, 1.54) is 0 Å². The third-order valence-electron chi connectivity index (χ3n) is 5.03. The molecule has 0 aliphatic heterocycles. The number of nitrogens with two attached hydrogens (primary N) is 1. The van der Waals surface area contributed by atoms with E-state index in [9.17, 15) is 14.8 Å². The van der Waals surface area contributed by atoms with Crippen LogP contribution in [0.3, 0.4) is 0 Å². The van der Waals surface area contributed by atoms with Gasteiger partial charge in [0.15, 0.2) is 11.6 Å². The van der Waals surface area contributed by atoms with E-state index in [1.54, 1.807) is 36.5 Å². The maximum absolute atomic E-state index is 11.7. The van der Waals surface area contributed by atoms with Crippen molar-refractivity contribution in [2.24, 2.45) is 5.73 Å². The summed E-state index contributed by atoms with van der Waals surface area (Å²) in [6.07, 6.45) is 1.70. The van der Waals surface area contributed by atoms with Crippen LogP contribution in [-0.2, 0) is 6.54 Å². The van der Waals surface area contributed by atoms with E-state index < -0.39 is 13.0 Å². The number of H-pyrrole nitrogens is 1. The van der Waals surface area contributed by atoms with Gasteiger partial charge in [0.05, 0.1) is 17.4 Å². The van der Waals surface area contributed by atoms with Crippen molar-refractivity contribution >= 4 is 40.9 Å². The first-order valence-corrected chi connectivity index (χ1v) is 9.85. The second kappa shape index (κ2) is 8.65. The number of carbonyl (C=O) groups is 1. The molecule has 0 atom stereocenters. The number of hydrogen-bond acceptors (Lipinski definition) is 8. The van der Waals surface area contributed by atoms with E-state index in [2.05, 4.69) is 25.5 Å². The molecule has 2 aromatic carbocycles. The summed E-state index contributed by atoms with van der Waals surface area (Å²) in [5, 5.41) is 29.9. The minimum Gasteiger partial charge on any atom is -0.423 e. The highest BCUT2D eigenvalue weighted by molar-refractivity contribution is 6.58. The van der Waals surface area contributed by atoms with Crippen molar-refractivity contribution in [2.45, 2.75) is 6.54 Å². The highest BCUT2D eigenvalue weighted by Crippen LogP contribution is 2.29. The number of aromatic amines is 1. The average Bonchev–Trinajstić information content (AvgIpc) is 3.21. The third-order valence-corrected chi connectivity index (χ3v) is 5.03. The van der Waals surface area contributed by atoms with Crippen LogP contribution < -0.4 is 21.4 Å². The summed E-state index contributed by atoms with van der Waals surface area (Å²) in [6, 6.07) is 12.2. The molecule has 0 saturated carbocycles. The van der Waals surface area contributed by atoms with E-state index in [-0.39, 0.29) is 0 Å². The molecule has 1 amide bonds. The molecular weight excluding hydrogens is 409 g/mol. The molecule has 0 aliphatic carbocycles. The van der Waals surface area contributed by atoms with Crippen LogP contribution in [0.15, 0.2) is 48.7 Å². The summed E-state index contributed by atoms with van der Waals surface area (Å²) in [4.78, 5) is 22.8. The molecule has 10 nitrogen and oxygen atoms in total. The fourth-order valence-electron chi connectivity index (χ4n) is 3.41. The van der Waals surface area contributed by atoms with Crippen LogP contribution in [-0.4, -0.2) is 57.3 Å². The lowest BCUT2D eigenvalue weighted by atomic mass is 9.80. The molecule has 11 heteroatoms. The number of hydrogen-bond donors (Lipinski definition) is 5. The molecule has 0 unspecified atom stereocenters. The maximum atomic E-state index is 11.7. The topological polar surface area (TPSA) is 153 Å². The molecule has 0 fully saturated rings. The van der Waals surface area contributed by atoms with Crippen molar-refractivity contribution in [1.82, 2.24) is 20.2 Å². The summed E-state index contributed by atoms with van der Waals surface area (Å²) < 4.78 is 0. The molecule has 32 heavy (non-hydrogen) atoms. The lowest BCUT2D eigenvalue weighted by molar-refractivity contribution is 0.100. The zero-order valence-electron chi connectivity index (χ0n) is 17.6. The van der Waals surface area contributed by atoms with Gasteiger partial charge in [-0.2, -0.15) is 5.10 Å². The minimum atomic E-state index is -1.53. The molecule has 0 saturated heterocycles.